The molecular weight excluding hydrogens is 202 g/mol. The maximum absolute atomic E-state index is 10.5. The first-order valence-corrected chi connectivity index (χ1v) is 6.40. The third-order valence-corrected chi connectivity index (χ3v) is 5.15. The maximum atomic E-state index is 10.5. The molecule has 0 aliphatic heterocycles. The Balaban J connectivity index is 1.92. The molecule has 16 heavy (non-hydrogen) atoms. The Morgan fingerprint density at radius 3 is 2.69 bits per heavy atom. The molecule has 3 saturated carbocycles. The van der Waals surface area contributed by atoms with Gasteiger partial charge in [0.15, 0.2) is 0 Å². The summed E-state index contributed by atoms with van der Waals surface area (Å²) in [4.78, 5) is 10.5. The first-order chi connectivity index (χ1) is 7.43. The van der Waals surface area contributed by atoms with Gasteiger partial charge in [0.25, 0.3) is 0 Å². The minimum Gasteiger partial charge on any atom is -0.481 e. The largest absolute Gasteiger partial charge is 0.481 e. The Bertz CT molecular complexity index is 286. The van der Waals surface area contributed by atoms with Gasteiger partial charge in [-0.05, 0) is 48.9 Å². The molecule has 0 heterocycles. The Labute approximate surface area is 97.4 Å². The standard InChI is InChI=1S/C13H23NO2/c1-13(2)8-3-4-9(10(13)7-8)11(14)5-6-12(15)16/h8-11H,3-7,14H2,1-2H3,(H,15,16). The molecule has 3 aliphatic carbocycles. The first-order valence-electron chi connectivity index (χ1n) is 6.40. The van der Waals surface area contributed by atoms with Crippen molar-refractivity contribution in [3.63, 3.8) is 0 Å². The van der Waals surface area contributed by atoms with Gasteiger partial charge in [0.05, 0.1) is 0 Å². The van der Waals surface area contributed by atoms with Gasteiger partial charge in [-0.15, -0.1) is 0 Å². The molecule has 3 aliphatic rings. The fourth-order valence-electron chi connectivity index (χ4n) is 3.88. The van der Waals surface area contributed by atoms with E-state index in [1.807, 2.05) is 0 Å². The fraction of sp³-hybridized carbons (Fsp3) is 0.923. The van der Waals surface area contributed by atoms with Crippen LogP contribution in [-0.2, 0) is 4.79 Å². The van der Waals surface area contributed by atoms with E-state index in [0.717, 1.165) is 11.8 Å². The number of hydrogen-bond acceptors (Lipinski definition) is 2. The monoisotopic (exact) mass is 225 g/mol. The molecular formula is C13H23NO2. The van der Waals surface area contributed by atoms with Crippen molar-refractivity contribution in [3.05, 3.63) is 0 Å². The summed E-state index contributed by atoms with van der Waals surface area (Å²) in [7, 11) is 0. The molecule has 92 valence electrons. The number of carboxylic acid groups (broad SMARTS) is 1. The van der Waals surface area contributed by atoms with Crippen molar-refractivity contribution in [2.24, 2.45) is 28.9 Å². The molecule has 0 spiro atoms. The summed E-state index contributed by atoms with van der Waals surface area (Å²) in [5.41, 5.74) is 6.62. The van der Waals surface area contributed by atoms with Gasteiger partial charge in [0, 0.05) is 12.5 Å². The summed E-state index contributed by atoms with van der Waals surface area (Å²) in [6.45, 7) is 4.70. The molecule has 3 nitrogen and oxygen atoms in total. The highest BCUT2D eigenvalue weighted by Crippen LogP contribution is 2.61. The van der Waals surface area contributed by atoms with Gasteiger partial charge in [0.2, 0.25) is 0 Å². The highest BCUT2D eigenvalue weighted by atomic mass is 16.4. The number of aliphatic carboxylic acids is 1. The Hall–Kier alpha value is -0.570. The molecule has 0 radical (unpaired) electrons. The molecule has 0 aromatic carbocycles. The molecule has 3 N–H and O–H groups in total. The molecule has 0 aromatic rings. The molecule has 3 rings (SSSR count). The molecule has 0 aromatic heterocycles. The second-order valence-corrected chi connectivity index (χ2v) is 6.20. The summed E-state index contributed by atoms with van der Waals surface area (Å²) in [6, 6.07) is 0.0848. The predicted molar refractivity (Wildman–Crippen MR) is 62.9 cm³/mol. The number of fused-ring (bicyclic) bond motifs is 2. The molecule has 3 fully saturated rings. The molecule has 0 amide bonds. The maximum Gasteiger partial charge on any atom is 0.303 e. The summed E-state index contributed by atoms with van der Waals surface area (Å²) >= 11 is 0. The summed E-state index contributed by atoms with van der Waals surface area (Å²) in [5, 5.41) is 8.68. The molecule has 4 atom stereocenters. The van der Waals surface area contributed by atoms with Crippen LogP contribution < -0.4 is 5.73 Å². The summed E-state index contributed by atoms with van der Waals surface area (Å²) < 4.78 is 0. The van der Waals surface area contributed by atoms with Crippen molar-refractivity contribution in [1.82, 2.24) is 0 Å². The van der Waals surface area contributed by atoms with Crippen molar-refractivity contribution in [2.45, 2.75) is 52.0 Å². The number of hydrogen-bond donors (Lipinski definition) is 2. The summed E-state index contributed by atoms with van der Waals surface area (Å²) in [6.07, 6.45) is 4.67. The van der Waals surface area contributed by atoms with Gasteiger partial charge in [0.1, 0.15) is 0 Å². The second-order valence-electron chi connectivity index (χ2n) is 6.20. The number of nitrogens with two attached hydrogens (primary N) is 1. The van der Waals surface area contributed by atoms with Crippen LogP contribution in [0.25, 0.3) is 0 Å². The van der Waals surface area contributed by atoms with Crippen LogP contribution in [-0.4, -0.2) is 17.1 Å². The van der Waals surface area contributed by atoms with E-state index in [2.05, 4.69) is 13.8 Å². The van der Waals surface area contributed by atoms with Gasteiger partial charge >= 0.3 is 5.97 Å². The number of carboxylic acids is 1. The lowest BCUT2D eigenvalue weighted by molar-refractivity contribution is -0.138. The Morgan fingerprint density at radius 2 is 2.19 bits per heavy atom. The van der Waals surface area contributed by atoms with Crippen LogP contribution in [0, 0.1) is 23.2 Å². The SMILES string of the molecule is CC1(C)C2CCC(C(N)CCC(=O)O)C1C2. The van der Waals surface area contributed by atoms with Crippen LogP contribution in [0.5, 0.6) is 0 Å². The van der Waals surface area contributed by atoms with E-state index in [1.54, 1.807) is 0 Å². The van der Waals surface area contributed by atoms with Crippen LogP contribution in [0.4, 0.5) is 0 Å². The van der Waals surface area contributed by atoms with Gasteiger partial charge in [-0.3, -0.25) is 4.79 Å². The van der Waals surface area contributed by atoms with Crippen molar-refractivity contribution in [2.75, 3.05) is 0 Å². The van der Waals surface area contributed by atoms with Crippen LogP contribution in [0.3, 0.4) is 0 Å². The third kappa shape index (κ3) is 1.86. The van der Waals surface area contributed by atoms with Gasteiger partial charge in [-0.25, -0.2) is 0 Å². The molecule has 4 unspecified atom stereocenters. The quantitative estimate of drug-likeness (QED) is 0.771. The predicted octanol–water partition coefficient (Wildman–Crippen LogP) is 2.25. The van der Waals surface area contributed by atoms with E-state index in [9.17, 15) is 4.79 Å². The second kappa shape index (κ2) is 4.02. The lowest BCUT2D eigenvalue weighted by atomic mass is 9.44. The van der Waals surface area contributed by atoms with Gasteiger partial charge in [-0.1, -0.05) is 13.8 Å². The van der Waals surface area contributed by atoms with Gasteiger partial charge in [-0.2, -0.15) is 0 Å². The van der Waals surface area contributed by atoms with Crippen LogP contribution in [0.2, 0.25) is 0 Å². The average Bonchev–Trinajstić information content (AvgIpc) is 2.25. The smallest absolute Gasteiger partial charge is 0.303 e. The first kappa shape index (κ1) is 11.9. The fourth-order valence-corrected chi connectivity index (χ4v) is 3.88. The Kier molecular flexibility index (Phi) is 2.99. The molecule has 2 bridgehead atoms. The zero-order chi connectivity index (χ0) is 11.9. The lowest BCUT2D eigenvalue weighted by Gasteiger charge is -2.61. The van der Waals surface area contributed by atoms with E-state index >= 15 is 0 Å². The number of rotatable bonds is 4. The number of carbonyl (C=O) groups is 1. The van der Waals surface area contributed by atoms with E-state index in [1.165, 1.54) is 19.3 Å². The lowest BCUT2D eigenvalue weighted by Crippen LogP contribution is -2.56. The van der Waals surface area contributed by atoms with Crippen LogP contribution >= 0.6 is 0 Å². The normalized spacial score (nSPS) is 37.6. The van der Waals surface area contributed by atoms with Gasteiger partial charge < -0.3 is 10.8 Å². The van der Waals surface area contributed by atoms with Crippen LogP contribution in [0.15, 0.2) is 0 Å². The minimum atomic E-state index is -0.725. The summed E-state index contributed by atoms with van der Waals surface area (Å²) in [5.74, 6) is 1.45. The van der Waals surface area contributed by atoms with E-state index in [4.69, 9.17) is 10.8 Å². The highest BCUT2D eigenvalue weighted by Gasteiger charge is 2.55. The topological polar surface area (TPSA) is 63.3 Å². The molecule has 0 saturated heterocycles. The Morgan fingerprint density at radius 1 is 1.50 bits per heavy atom. The van der Waals surface area contributed by atoms with E-state index < -0.39 is 5.97 Å². The van der Waals surface area contributed by atoms with Crippen molar-refractivity contribution >= 4 is 5.97 Å². The minimum absolute atomic E-state index is 0.0848. The van der Waals surface area contributed by atoms with Crippen molar-refractivity contribution in [1.29, 1.82) is 0 Å². The third-order valence-electron chi connectivity index (χ3n) is 5.15. The van der Waals surface area contributed by atoms with Crippen molar-refractivity contribution < 1.29 is 9.90 Å². The zero-order valence-corrected chi connectivity index (χ0v) is 10.3. The van der Waals surface area contributed by atoms with E-state index in [0.29, 0.717) is 17.8 Å². The van der Waals surface area contributed by atoms with Crippen molar-refractivity contribution in [3.8, 4) is 0 Å². The van der Waals surface area contributed by atoms with Crippen LogP contribution in [0.1, 0.15) is 46.0 Å². The molecule has 3 heteroatoms. The highest BCUT2D eigenvalue weighted by molar-refractivity contribution is 5.66. The van der Waals surface area contributed by atoms with E-state index in [-0.39, 0.29) is 12.5 Å². The average molecular weight is 225 g/mol. The zero-order valence-electron chi connectivity index (χ0n) is 10.3.